The van der Waals surface area contributed by atoms with Gasteiger partial charge in [-0.25, -0.2) is 9.59 Å². The van der Waals surface area contributed by atoms with Gasteiger partial charge in [-0.15, -0.1) is 6.58 Å². The molecule has 12 heteroatoms. The van der Waals surface area contributed by atoms with Crippen molar-refractivity contribution in [2.45, 2.75) is 115 Å². The lowest BCUT2D eigenvalue weighted by atomic mass is 9.72. The van der Waals surface area contributed by atoms with E-state index in [0.29, 0.717) is 37.4 Å². The van der Waals surface area contributed by atoms with Gasteiger partial charge in [0.05, 0.1) is 42.7 Å². The molecule has 2 heterocycles. The number of carbonyl (C=O) groups excluding carboxylic acids is 2. The zero-order valence-electron chi connectivity index (χ0n) is 40.9. The lowest BCUT2D eigenvalue weighted by Gasteiger charge is -2.51. The molecule has 4 aromatic rings. The van der Waals surface area contributed by atoms with Crippen LogP contribution >= 0.6 is 0 Å². The summed E-state index contributed by atoms with van der Waals surface area (Å²) < 4.78 is 59.0. The van der Waals surface area contributed by atoms with Crippen LogP contribution in [0.2, 0.25) is 5.04 Å². The van der Waals surface area contributed by atoms with Gasteiger partial charge < -0.3 is 42.3 Å². The van der Waals surface area contributed by atoms with E-state index in [1.807, 2.05) is 43.3 Å². The van der Waals surface area contributed by atoms with E-state index in [1.54, 1.807) is 56.7 Å². The maximum atomic E-state index is 14.0. The molecular formula is C55H72O11Si. The average molecular weight is 937 g/mol. The number of ether oxygens (including phenoxy) is 8. The second-order valence-corrected chi connectivity index (χ2v) is 23.7. The number of methoxy groups -OCH3 is 2. The first-order chi connectivity index (χ1) is 32.1. The molecule has 0 aromatic heterocycles. The molecule has 0 saturated carbocycles. The first kappa shape index (κ1) is 51.9. The topological polar surface area (TPSA) is 117 Å². The highest BCUT2D eigenvalue weighted by Crippen LogP contribution is 2.56. The Balaban J connectivity index is 1.37. The van der Waals surface area contributed by atoms with Crippen molar-refractivity contribution >= 4 is 30.6 Å². The van der Waals surface area contributed by atoms with Gasteiger partial charge in [-0.2, -0.15) is 0 Å². The van der Waals surface area contributed by atoms with Gasteiger partial charge in [-0.3, -0.25) is 0 Å². The Hall–Kier alpha value is -4.50. The summed E-state index contributed by atoms with van der Waals surface area (Å²) in [5.74, 6) is -2.74. The van der Waals surface area contributed by atoms with Crippen LogP contribution in [0.25, 0.3) is 0 Å². The molecule has 2 aliphatic rings. The minimum Gasteiger partial charge on any atom is -0.458 e. The van der Waals surface area contributed by atoms with E-state index in [2.05, 4.69) is 96.7 Å². The van der Waals surface area contributed by atoms with Crippen molar-refractivity contribution in [2.24, 2.45) is 17.3 Å². The third-order valence-corrected chi connectivity index (χ3v) is 18.9. The van der Waals surface area contributed by atoms with Gasteiger partial charge in [0.2, 0.25) is 0 Å². The molecule has 4 aromatic carbocycles. The molecule has 2 saturated heterocycles. The van der Waals surface area contributed by atoms with E-state index in [0.717, 1.165) is 0 Å². The predicted molar refractivity (Wildman–Crippen MR) is 262 cm³/mol. The quantitative estimate of drug-likeness (QED) is 0.0247. The second-order valence-electron chi connectivity index (χ2n) is 19.4. The van der Waals surface area contributed by atoms with Crippen molar-refractivity contribution in [1.82, 2.24) is 0 Å². The predicted octanol–water partition coefficient (Wildman–Crippen LogP) is 9.18. The van der Waals surface area contributed by atoms with Crippen LogP contribution < -0.4 is 10.4 Å². The largest absolute Gasteiger partial charge is 0.458 e. The summed E-state index contributed by atoms with van der Waals surface area (Å²) in [6.45, 7) is 20.0. The Morgan fingerprint density at radius 3 is 1.88 bits per heavy atom. The highest BCUT2D eigenvalue weighted by atomic mass is 28.4. The number of carbonyl (C=O) groups is 2. The van der Waals surface area contributed by atoms with Crippen LogP contribution in [0.1, 0.15) is 88.4 Å². The Bertz CT molecular complexity index is 2110. The van der Waals surface area contributed by atoms with Crippen molar-refractivity contribution in [3.05, 3.63) is 145 Å². The number of esters is 2. The van der Waals surface area contributed by atoms with Gasteiger partial charge >= 0.3 is 11.9 Å². The van der Waals surface area contributed by atoms with E-state index in [9.17, 15) is 9.59 Å². The van der Waals surface area contributed by atoms with Crippen LogP contribution in [0.4, 0.5) is 0 Å². The Morgan fingerprint density at radius 2 is 1.36 bits per heavy atom. The van der Waals surface area contributed by atoms with Gasteiger partial charge in [0.15, 0.2) is 5.79 Å². The average Bonchev–Trinajstić information content (AvgIpc) is 3.54. The standard InChI is InChI=1S/C55H72O11Si/c1-11-39(2)46(63-51(56)41-24-16-12-17-25-41)36-47(59-10)49-50(61-38-60-35-34-58-9)54(7,8)55(66-49)37-48(64-52(57)42-26-18-13-19-27-42)40(3)45(65-55)32-33-62-67(53(4,5)6,43-28-20-14-21-29-43)44-30-22-15-23-31-44/h11-31,39-40,45-50H,1,32-38H2,2-10H3/t39-,40-,45+,46+,47+,48-,49-,50+,55-/m1/s1. The molecule has 0 unspecified atom stereocenters. The third-order valence-electron chi connectivity index (χ3n) is 13.8. The summed E-state index contributed by atoms with van der Waals surface area (Å²) in [4.78, 5) is 27.5. The van der Waals surface area contributed by atoms with Gasteiger partial charge in [-0.1, -0.05) is 152 Å². The molecule has 11 nitrogen and oxygen atoms in total. The first-order valence-electron chi connectivity index (χ1n) is 23.6. The molecular weight excluding hydrogens is 865 g/mol. The van der Waals surface area contributed by atoms with Gasteiger partial charge in [0.25, 0.3) is 8.32 Å². The Morgan fingerprint density at radius 1 is 0.806 bits per heavy atom. The number of benzene rings is 4. The van der Waals surface area contributed by atoms with Crippen LogP contribution in [0.15, 0.2) is 134 Å². The summed E-state index contributed by atoms with van der Waals surface area (Å²) in [6.07, 6.45) is -1.13. The maximum Gasteiger partial charge on any atom is 0.338 e. The van der Waals surface area contributed by atoms with E-state index in [4.69, 9.17) is 42.3 Å². The van der Waals surface area contributed by atoms with Crippen LogP contribution in [0.3, 0.4) is 0 Å². The van der Waals surface area contributed by atoms with Crippen molar-refractivity contribution in [3.63, 3.8) is 0 Å². The molecule has 67 heavy (non-hydrogen) atoms. The number of hydrogen-bond donors (Lipinski definition) is 0. The molecule has 0 aliphatic carbocycles. The zero-order chi connectivity index (χ0) is 48.2. The minimum absolute atomic E-state index is 0.0576. The van der Waals surface area contributed by atoms with Crippen LogP contribution in [0, 0.1) is 17.3 Å². The second kappa shape index (κ2) is 23.2. The van der Waals surface area contributed by atoms with Crippen LogP contribution in [-0.4, -0.2) is 104 Å². The fourth-order valence-corrected chi connectivity index (χ4v) is 14.4. The molecule has 9 atom stereocenters. The van der Waals surface area contributed by atoms with Crippen molar-refractivity contribution in [3.8, 4) is 0 Å². The summed E-state index contributed by atoms with van der Waals surface area (Å²) in [5, 5.41) is 2.12. The fourth-order valence-electron chi connectivity index (χ4n) is 9.77. The lowest BCUT2D eigenvalue weighted by Crippen LogP contribution is -2.66. The van der Waals surface area contributed by atoms with Gasteiger partial charge in [0.1, 0.15) is 25.1 Å². The molecule has 362 valence electrons. The molecule has 2 aliphatic heterocycles. The molecule has 0 amide bonds. The smallest absolute Gasteiger partial charge is 0.338 e. The molecule has 6 rings (SSSR count). The van der Waals surface area contributed by atoms with Gasteiger partial charge in [-0.05, 0) is 46.1 Å². The Kier molecular flexibility index (Phi) is 18.0. The molecule has 0 bridgehead atoms. The monoisotopic (exact) mass is 936 g/mol. The fraction of sp³-hybridized carbons (Fsp3) is 0.491. The van der Waals surface area contributed by atoms with E-state index in [-0.39, 0.29) is 36.5 Å². The SMILES string of the molecule is C=C[C@@H](C)[C@H](C[C@H](OC)[C@H]1O[C@]2(C[C@@H](OC(=O)c3ccccc3)[C@H](C)[C@H](CCO[Si](c3ccccc3)(c3ccccc3)C(C)(C)C)O2)C(C)(C)[C@H]1OCOCCOC)OC(=O)c1ccccc1. The minimum atomic E-state index is -2.91. The van der Waals surface area contributed by atoms with Crippen LogP contribution in [-0.2, 0) is 42.3 Å². The van der Waals surface area contributed by atoms with E-state index < -0.39 is 68.1 Å². The molecule has 0 N–H and O–H groups in total. The normalized spacial score (nSPS) is 24.1. The molecule has 2 fully saturated rings. The first-order valence-corrected chi connectivity index (χ1v) is 25.5. The highest BCUT2D eigenvalue weighted by molar-refractivity contribution is 6.99. The lowest BCUT2D eigenvalue weighted by molar-refractivity contribution is -0.336. The molecule has 0 radical (unpaired) electrons. The zero-order valence-corrected chi connectivity index (χ0v) is 41.9. The molecule has 1 spiro atoms. The van der Waals surface area contributed by atoms with E-state index >= 15 is 0 Å². The number of rotatable bonds is 22. The summed E-state index contributed by atoms with van der Waals surface area (Å²) in [7, 11) is 0.319. The van der Waals surface area contributed by atoms with Gasteiger partial charge in [0, 0.05) is 50.9 Å². The Labute approximate surface area is 399 Å². The number of hydrogen-bond acceptors (Lipinski definition) is 11. The van der Waals surface area contributed by atoms with Crippen molar-refractivity contribution < 1.29 is 51.9 Å². The van der Waals surface area contributed by atoms with Crippen LogP contribution in [0.5, 0.6) is 0 Å². The highest BCUT2D eigenvalue weighted by Gasteiger charge is 2.67. The maximum absolute atomic E-state index is 14.0. The summed E-state index contributed by atoms with van der Waals surface area (Å²) in [6, 6.07) is 39.0. The summed E-state index contributed by atoms with van der Waals surface area (Å²) in [5.41, 5.74) is -0.00347. The van der Waals surface area contributed by atoms with Crippen molar-refractivity contribution in [1.29, 1.82) is 0 Å². The summed E-state index contributed by atoms with van der Waals surface area (Å²) >= 11 is 0. The van der Waals surface area contributed by atoms with Crippen molar-refractivity contribution in [2.75, 3.05) is 40.8 Å². The third kappa shape index (κ3) is 11.7. The van der Waals surface area contributed by atoms with E-state index in [1.165, 1.54) is 10.4 Å².